The highest BCUT2D eigenvalue weighted by molar-refractivity contribution is 6.17. The van der Waals surface area contributed by atoms with Gasteiger partial charge in [-0.25, -0.2) is 4.98 Å². The average molecular weight is 263 g/mol. The van der Waals surface area contributed by atoms with E-state index in [0.29, 0.717) is 5.88 Å². The largest absolute Gasteiger partial charge is 0.356 e. The van der Waals surface area contributed by atoms with Crippen molar-refractivity contribution < 1.29 is 0 Å². The minimum Gasteiger partial charge on any atom is -0.356 e. The van der Waals surface area contributed by atoms with E-state index in [2.05, 4.69) is 49.1 Å². The topological polar surface area (TPSA) is 16.1 Å². The van der Waals surface area contributed by atoms with Crippen LogP contribution >= 0.6 is 11.6 Å². The number of nitrogens with zero attached hydrogens (tertiary/aromatic N) is 2. The summed E-state index contributed by atoms with van der Waals surface area (Å²) in [7, 11) is 0. The SMILES string of the molecule is CCCN(CC)c1nc(CCl)cc2ccccc12. The molecule has 0 N–H and O–H groups in total. The Labute approximate surface area is 114 Å². The van der Waals surface area contributed by atoms with E-state index in [9.17, 15) is 0 Å². The molecule has 2 nitrogen and oxygen atoms in total. The van der Waals surface area contributed by atoms with Crippen molar-refractivity contribution in [2.24, 2.45) is 0 Å². The molecule has 0 amide bonds. The zero-order valence-corrected chi connectivity index (χ0v) is 11.7. The lowest BCUT2D eigenvalue weighted by molar-refractivity contribution is 0.780. The maximum Gasteiger partial charge on any atom is 0.136 e. The van der Waals surface area contributed by atoms with Gasteiger partial charge < -0.3 is 4.90 Å². The van der Waals surface area contributed by atoms with Gasteiger partial charge in [0, 0.05) is 18.5 Å². The molecule has 0 aliphatic carbocycles. The predicted octanol–water partition coefficient (Wildman–Crippen LogP) is 4.21. The van der Waals surface area contributed by atoms with E-state index < -0.39 is 0 Å². The maximum absolute atomic E-state index is 5.94. The van der Waals surface area contributed by atoms with Gasteiger partial charge >= 0.3 is 0 Å². The second-order valence-corrected chi connectivity index (χ2v) is 4.64. The smallest absolute Gasteiger partial charge is 0.136 e. The molecule has 0 fully saturated rings. The average Bonchev–Trinajstić information content (AvgIpc) is 2.43. The summed E-state index contributed by atoms with van der Waals surface area (Å²) >= 11 is 5.94. The first-order valence-corrected chi connectivity index (χ1v) is 7.03. The van der Waals surface area contributed by atoms with Crippen molar-refractivity contribution in [3.05, 3.63) is 36.0 Å². The van der Waals surface area contributed by atoms with E-state index in [1.54, 1.807) is 0 Å². The molecule has 0 unspecified atom stereocenters. The van der Waals surface area contributed by atoms with Crippen molar-refractivity contribution >= 4 is 28.2 Å². The fourth-order valence-electron chi connectivity index (χ4n) is 2.23. The Balaban J connectivity index is 2.58. The summed E-state index contributed by atoms with van der Waals surface area (Å²) in [6, 6.07) is 10.4. The van der Waals surface area contributed by atoms with Crippen LogP contribution < -0.4 is 4.90 Å². The number of fused-ring (bicyclic) bond motifs is 1. The van der Waals surface area contributed by atoms with Gasteiger partial charge in [-0.15, -0.1) is 11.6 Å². The minimum atomic E-state index is 0.460. The Hall–Kier alpha value is -1.28. The number of hydrogen-bond acceptors (Lipinski definition) is 2. The molecule has 1 aromatic carbocycles. The first-order valence-electron chi connectivity index (χ1n) is 6.49. The summed E-state index contributed by atoms with van der Waals surface area (Å²) in [5.74, 6) is 1.52. The molecule has 0 saturated carbocycles. The lowest BCUT2D eigenvalue weighted by atomic mass is 10.1. The number of halogens is 1. The summed E-state index contributed by atoms with van der Waals surface area (Å²) in [6.45, 7) is 6.35. The van der Waals surface area contributed by atoms with Gasteiger partial charge in [0.1, 0.15) is 5.82 Å². The number of hydrogen-bond donors (Lipinski definition) is 0. The minimum absolute atomic E-state index is 0.460. The molecule has 0 aliphatic heterocycles. The number of rotatable bonds is 5. The summed E-state index contributed by atoms with van der Waals surface area (Å²) in [5, 5.41) is 2.43. The standard InChI is InChI=1S/C15H19ClN2/c1-3-9-18(4-2)15-14-8-6-5-7-12(14)10-13(11-16)17-15/h5-8,10H,3-4,9,11H2,1-2H3. The van der Waals surface area contributed by atoms with Crippen molar-refractivity contribution in [2.45, 2.75) is 26.1 Å². The van der Waals surface area contributed by atoms with Gasteiger partial charge in [-0.05, 0) is 24.8 Å². The second-order valence-electron chi connectivity index (χ2n) is 4.37. The van der Waals surface area contributed by atoms with Crippen LogP contribution in [0.15, 0.2) is 30.3 Å². The lowest BCUT2D eigenvalue weighted by Gasteiger charge is -2.23. The van der Waals surface area contributed by atoms with E-state index in [1.165, 1.54) is 10.8 Å². The van der Waals surface area contributed by atoms with Crippen LogP contribution in [0.2, 0.25) is 0 Å². The normalized spacial score (nSPS) is 10.8. The predicted molar refractivity (Wildman–Crippen MR) is 79.5 cm³/mol. The summed E-state index contributed by atoms with van der Waals surface area (Å²) in [4.78, 5) is 7.02. The first kappa shape index (κ1) is 13.2. The fraction of sp³-hybridized carbons (Fsp3) is 0.400. The van der Waals surface area contributed by atoms with E-state index in [-0.39, 0.29) is 0 Å². The molecule has 0 saturated heterocycles. The fourth-order valence-corrected chi connectivity index (χ4v) is 2.36. The van der Waals surface area contributed by atoms with E-state index in [4.69, 9.17) is 16.6 Å². The van der Waals surface area contributed by atoms with E-state index >= 15 is 0 Å². The highest BCUT2D eigenvalue weighted by Gasteiger charge is 2.11. The van der Waals surface area contributed by atoms with Crippen LogP contribution in [-0.4, -0.2) is 18.1 Å². The van der Waals surface area contributed by atoms with Crippen LogP contribution in [0.5, 0.6) is 0 Å². The molecular weight excluding hydrogens is 244 g/mol. The number of pyridine rings is 1. The van der Waals surface area contributed by atoms with Gasteiger partial charge in [0.2, 0.25) is 0 Å². The third kappa shape index (κ3) is 2.59. The van der Waals surface area contributed by atoms with Crippen molar-refractivity contribution in [3.8, 4) is 0 Å². The Morgan fingerprint density at radius 2 is 2.00 bits per heavy atom. The van der Waals surface area contributed by atoms with Crippen molar-refractivity contribution in [3.63, 3.8) is 0 Å². The van der Waals surface area contributed by atoms with Gasteiger partial charge in [-0.3, -0.25) is 0 Å². The molecule has 0 atom stereocenters. The Morgan fingerprint density at radius 1 is 1.22 bits per heavy atom. The van der Waals surface area contributed by atoms with E-state index in [1.807, 2.05) is 0 Å². The molecule has 0 bridgehead atoms. The zero-order valence-electron chi connectivity index (χ0n) is 11.0. The monoisotopic (exact) mass is 262 g/mol. The van der Waals surface area contributed by atoms with Crippen LogP contribution in [0, 0.1) is 0 Å². The first-order chi connectivity index (χ1) is 8.80. The quantitative estimate of drug-likeness (QED) is 0.751. The Bertz CT molecular complexity index is 525. The van der Waals surface area contributed by atoms with Gasteiger partial charge in [0.15, 0.2) is 0 Å². The maximum atomic E-state index is 5.94. The van der Waals surface area contributed by atoms with Crippen LogP contribution in [0.4, 0.5) is 5.82 Å². The van der Waals surface area contributed by atoms with Gasteiger partial charge in [-0.2, -0.15) is 0 Å². The van der Waals surface area contributed by atoms with Gasteiger partial charge in [0.05, 0.1) is 11.6 Å². The molecule has 1 heterocycles. The Morgan fingerprint density at radius 3 is 2.67 bits per heavy atom. The third-order valence-corrected chi connectivity index (χ3v) is 3.36. The van der Waals surface area contributed by atoms with Gasteiger partial charge in [-0.1, -0.05) is 31.2 Å². The summed E-state index contributed by atoms with van der Waals surface area (Å²) in [5.41, 5.74) is 0.944. The van der Waals surface area contributed by atoms with Crippen LogP contribution in [0.3, 0.4) is 0 Å². The highest BCUT2D eigenvalue weighted by atomic mass is 35.5. The summed E-state index contributed by atoms with van der Waals surface area (Å²) < 4.78 is 0. The molecule has 0 spiro atoms. The molecule has 2 aromatic rings. The number of benzene rings is 1. The Kier molecular flexibility index (Phi) is 4.43. The van der Waals surface area contributed by atoms with Crippen molar-refractivity contribution in [1.82, 2.24) is 4.98 Å². The molecule has 3 heteroatoms. The second kappa shape index (κ2) is 6.05. The van der Waals surface area contributed by atoms with Crippen molar-refractivity contribution in [1.29, 1.82) is 0 Å². The van der Waals surface area contributed by atoms with Crippen LogP contribution in [0.25, 0.3) is 10.8 Å². The molecular formula is C15H19ClN2. The highest BCUT2D eigenvalue weighted by Crippen LogP contribution is 2.26. The molecule has 0 radical (unpaired) electrons. The van der Waals surface area contributed by atoms with Crippen molar-refractivity contribution in [2.75, 3.05) is 18.0 Å². The molecule has 18 heavy (non-hydrogen) atoms. The zero-order chi connectivity index (χ0) is 13.0. The lowest BCUT2D eigenvalue weighted by Crippen LogP contribution is -2.25. The number of anilines is 1. The van der Waals surface area contributed by atoms with E-state index in [0.717, 1.165) is 31.0 Å². The van der Waals surface area contributed by atoms with Gasteiger partial charge in [0.25, 0.3) is 0 Å². The number of aromatic nitrogens is 1. The number of alkyl halides is 1. The molecule has 2 rings (SSSR count). The summed E-state index contributed by atoms with van der Waals surface area (Å²) in [6.07, 6.45) is 1.12. The third-order valence-electron chi connectivity index (χ3n) is 3.09. The van der Waals surface area contributed by atoms with Crippen LogP contribution in [0.1, 0.15) is 26.0 Å². The molecule has 1 aromatic heterocycles. The molecule has 96 valence electrons. The molecule has 0 aliphatic rings. The van der Waals surface area contributed by atoms with Crippen LogP contribution in [-0.2, 0) is 5.88 Å².